The molecule has 0 heterocycles. The second-order valence-electron chi connectivity index (χ2n) is 5.42. The van der Waals surface area contributed by atoms with E-state index >= 15 is 0 Å². The van der Waals surface area contributed by atoms with Crippen LogP contribution in [0, 0.1) is 5.82 Å². The SMILES string of the molecule is CC(=O)Nc1ccc(F)c(C(=O)Nc2ccc(CCC(=O)O)cc2)c1. The fraction of sp³-hybridized carbons (Fsp3) is 0.167. The summed E-state index contributed by atoms with van der Waals surface area (Å²) in [5.74, 6) is -2.56. The monoisotopic (exact) mass is 344 g/mol. The van der Waals surface area contributed by atoms with Crippen LogP contribution in [0.5, 0.6) is 0 Å². The summed E-state index contributed by atoms with van der Waals surface area (Å²) >= 11 is 0. The second kappa shape index (κ2) is 8.05. The number of benzene rings is 2. The van der Waals surface area contributed by atoms with Gasteiger partial charge < -0.3 is 15.7 Å². The van der Waals surface area contributed by atoms with Gasteiger partial charge in [-0.3, -0.25) is 14.4 Å². The van der Waals surface area contributed by atoms with Gasteiger partial charge in [-0.1, -0.05) is 12.1 Å². The molecule has 25 heavy (non-hydrogen) atoms. The van der Waals surface area contributed by atoms with Crippen molar-refractivity contribution in [1.29, 1.82) is 0 Å². The van der Waals surface area contributed by atoms with Crippen LogP contribution in [0.1, 0.15) is 29.3 Å². The fourth-order valence-corrected chi connectivity index (χ4v) is 2.18. The van der Waals surface area contributed by atoms with Crippen molar-refractivity contribution in [2.24, 2.45) is 0 Å². The third kappa shape index (κ3) is 5.42. The summed E-state index contributed by atoms with van der Waals surface area (Å²) in [6.45, 7) is 1.31. The molecule has 0 aliphatic heterocycles. The first-order valence-electron chi connectivity index (χ1n) is 7.54. The molecular weight excluding hydrogens is 327 g/mol. The summed E-state index contributed by atoms with van der Waals surface area (Å²) in [4.78, 5) is 33.8. The number of halogens is 1. The summed E-state index contributed by atoms with van der Waals surface area (Å²) < 4.78 is 13.9. The predicted molar refractivity (Wildman–Crippen MR) is 91.1 cm³/mol. The topological polar surface area (TPSA) is 95.5 Å². The number of hydrogen-bond acceptors (Lipinski definition) is 3. The molecular formula is C18H17FN2O4. The number of carboxylic acids is 1. The molecule has 0 atom stereocenters. The Morgan fingerprint density at radius 3 is 2.24 bits per heavy atom. The van der Waals surface area contributed by atoms with Crippen molar-refractivity contribution in [2.75, 3.05) is 10.6 Å². The Labute approximate surface area is 143 Å². The molecule has 130 valence electrons. The molecule has 2 amide bonds. The molecule has 2 aromatic carbocycles. The first kappa shape index (κ1) is 18.1. The van der Waals surface area contributed by atoms with Gasteiger partial charge in [-0.05, 0) is 42.3 Å². The number of carboxylic acid groups (broad SMARTS) is 1. The summed E-state index contributed by atoms with van der Waals surface area (Å²) in [5, 5.41) is 13.7. The van der Waals surface area contributed by atoms with E-state index in [1.807, 2.05) is 0 Å². The number of hydrogen-bond donors (Lipinski definition) is 3. The van der Waals surface area contributed by atoms with Crippen LogP contribution in [0.2, 0.25) is 0 Å². The summed E-state index contributed by atoms with van der Waals surface area (Å²) in [6.07, 6.45) is 0.407. The van der Waals surface area contributed by atoms with E-state index in [4.69, 9.17) is 5.11 Å². The molecule has 0 aliphatic rings. The smallest absolute Gasteiger partial charge is 0.303 e. The first-order valence-corrected chi connectivity index (χ1v) is 7.54. The van der Waals surface area contributed by atoms with Crippen molar-refractivity contribution in [2.45, 2.75) is 19.8 Å². The number of nitrogens with one attached hydrogen (secondary N) is 2. The lowest BCUT2D eigenvalue weighted by atomic mass is 10.1. The summed E-state index contributed by atoms with van der Waals surface area (Å²) in [5.41, 5.74) is 1.40. The predicted octanol–water partition coefficient (Wildman–Crippen LogP) is 3.05. The lowest BCUT2D eigenvalue weighted by Crippen LogP contribution is -2.15. The Hall–Kier alpha value is -3.22. The van der Waals surface area contributed by atoms with Crippen molar-refractivity contribution in [1.82, 2.24) is 0 Å². The lowest BCUT2D eigenvalue weighted by molar-refractivity contribution is -0.137. The molecule has 2 aromatic rings. The second-order valence-corrected chi connectivity index (χ2v) is 5.42. The van der Waals surface area contributed by atoms with Crippen molar-refractivity contribution < 1.29 is 23.9 Å². The van der Waals surface area contributed by atoms with Crippen LogP contribution >= 0.6 is 0 Å². The highest BCUT2D eigenvalue weighted by atomic mass is 19.1. The van der Waals surface area contributed by atoms with Crippen LogP contribution in [-0.4, -0.2) is 22.9 Å². The van der Waals surface area contributed by atoms with E-state index in [1.165, 1.54) is 19.1 Å². The minimum Gasteiger partial charge on any atom is -0.481 e. The maximum atomic E-state index is 13.9. The zero-order chi connectivity index (χ0) is 18.4. The Bertz CT molecular complexity index is 803. The van der Waals surface area contributed by atoms with Gasteiger partial charge in [-0.25, -0.2) is 4.39 Å². The highest BCUT2D eigenvalue weighted by Crippen LogP contribution is 2.18. The van der Waals surface area contributed by atoms with Crippen LogP contribution < -0.4 is 10.6 Å². The maximum absolute atomic E-state index is 13.9. The minimum atomic E-state index is -0.882. The van der Waals surface area contributed by atoms with Crippen LogP contribution in [0.4, 0.5) is 15.8 Å². The molecule has 0 bridgehead atoms. The van der Waals surface area contributed by atoms with Crippen LogP contribution in [0.3, 0.4) is 0 Å². The zero-order valence-corrected chi connectivity index (χ0v) is 13.5. The molecule has 0 radical (unpaired) electrons. The van der Waals surface area contributed by atoms with Gasteiger partial charge in [-0.2, -0.15) is 0 Å². The van der Waals surface area contributed by atoms with Crippen molar-refractivity contribution in [3.8, 4) is 0 Å². The number of carbonyl (C=O) groups excluding carboxylic acids is 2. The van der Waals surface area contributed by atoms with Crippen LogP contribution in [0.25, 0.3) is 0 Å². The van der Waals surface area contributed by atoms with Gasteiger partial charge in [0.1, 0.15) is 5.82 Å². The molecule has 2 rings (SSSR count). The highest BCUT2D eigenvalue weighted by molar-refractivity contribution is 6.05. The largest absolute Gasteiger partial charge is 0.481 e. The zero-order valence-electron chi connectivity index (χ0n) is 13.5. The average molecular weight is 344 g/mol. The normalized spacial score (nSPS) is 10.2. The van der Waals surface area contributed by atoms with Crippen molar-refractivity contribution in [3.05, 3.63) is 59.4 Å². The van der Waals surface area contributed by atoms with Crippen LogP contribution in [0.15, 0.2) is 42.5 Å². The fourth-order valence-electron chi connectivity index (χ4n) is 2.18. The molecule has 0 aromatic heterocycles. The van der Waals surface area contributed by atoms with Gasteiger partial charge in [0, 0.05) is 24.7 Å². The van der Waals surface area contributed by atoms with Gasteiger partial charge in [-0.15, -0.1) is 0 Å². The van der Waals surface area contributed by atoms with Gasteiger partial charge in [0.05, 0.1) is 5.56 Å². The van der Waals surface area contributed by atoms with E-state index in [0.717, 1.165) is 11.6 Å². The van der Waals surface area contributed by atoms with Gasteiger partial charge in [0.2, 0.25) is 5.91 Å². The minimum absolute atomic E-state index is 0.0207. The Morgan fingerprint density at radius 2 is 1.64 bits per heavy atom. The number of aryl methyl sites for hydroxylation is 1. The molecule has 0 unspecified atom stereocenters. The van der Waals surface area contributed by atoms with Crippen molar-refractivity contribution >= 4 is 29.2 Å². The quantitative estimate of drug-likeness (QED) is 0.750. The number of carbonyl (C=O) groups is 3. The van der Waals surface area contributed by atoms with Crippen molar-refractivity contribution in [3.63, 3.8) is 0 Å². The van der Waals surface area contributed by atoms with E-state index in [-0.39, 0.29) is 17.9 Å². The van der Waals surface area contributed by atoms with Gasteiger partial charge >= 0.3 is 5.97 Å². The maximum Gasteiger partial charge on any atom is 0.303 e. The number of rotatable bonds is 6. The Morgan fingerprint density at radius 1 is 1.00 bits per heavy atom. The van der Waals surface area contributed by atoms with E-state index < -0.39 is 17.7 Å². The van der Waals surface area contributed by atoms with Crippen LogP contribution in [-0.2, 0) is 16.0 Å². The molecule has 7 heteroatoms. The number of aliphatic carboxylic acids is 1. The van der Waals surface area contributed by atoms with E-state index in [9.17, 15) is 18.8 Å². The molecule has 6 nitrogen and oxygen atoms in total. The molecule has 3 N–H and O–H groups in total. The number of amides is 2. The Kier molecular flexibility index (Phi) is 5.84. The lowest BCUT2D eigenvalue weighted by Gasteiger charge is -2.09. The van der Waals surface area contributed by atoms with E-state index in [2.05, 4.69) is 10.6 Å². The molecule has 0 aliphatic carbocycles. The Balaban J connectivity index is 2.08. The summed E-state index contributed by atoms with van der Waals surface area (Å²) in [7, 11) is 0. The molecule has 0 saturated carbocycles. The van der Waals surface area contributed by atoms with Gasteiger partial charge in [0.25, 0.3) is 5.91 Å². The number of anilines is 2. The highest BCUT2D eigenvalue weighted by Gasteiger charge is 2.13. The summed E-state index contributed by atoms with van der Waals surface area (Å²) in [6, 6.07) is 10.4. The first-order chi connectivity index (χ1) is 11.8. The van der Waals surface area contributed by atoms with E-state index in [1.54, 1.807) is 24.3 Å². The standard InChI is InChI=1S/C18H17FN2O4/c1-11(22)20-14-7-8-16(19)15(10-14)18(25)21-13-5-2-12(3-6-13)4-9-17(23)24/h2-3,5-8,10H,4,9H2,1H3,(H,20,22)(H,21,25)(H,23,24). The molecule has 0 fully saturated rings. The third-order valence-corrected chi connectivity index (χ3v) is 3.37. The van der Waals surface area contributed by atoms with E-state index in [0.29, 0.717) is 17.8 Å². The molecule has 0 saturated heterocycles. The molecule has 0 spiro atoms. The van der Waals surface area contributed by atoms with Gasteiger partial charge in [0.15, 0.2) is 0 Å². The third-order valence-electron chi connectivity index (χ3n) is 3.37. The average Bonchev–Trinajstić information content (AvgIpc) is 2.55.